The van der Waals surface area contributed by atoms with Crippen molar-refractivity contribution < 1.29 is 9.53 Å². The van der Waals surface area contributed by atoms with Crippen molar-refractivity contribution in [1.82, 2.24) is 20.4 Å². The summed E-state index contributed by atoms with van der Waals surface area (Å²) in [6, 6.07) is 17.8. The number of likely N-dealkylation sites (N-methyl/N-ethyl adjacent to an activating group) is 1. The Morgan fingerprint density at radius 3 is 2.24 bits per heavy atom. The van der Waals surface area contributed by atoms with Crippen LogP contribution in [0.5, 0.6) is 0 Å². The first-order chi connectivity index (χ1) is 13.7. The molecule has 1 aromatic heterocycles. The van der Waals surface area contributed by atoms with Crippen molar-refractivity contribution in [3.63, 3.8) is 0 Å². The van der Waals surface area contributed by atoms with E-state index in [9.17, 15) is 4.79 Å². The molecule has 154 valence electrons. The summed E-state index contributed by atoms with van der Waals surface area (Å²) in [6.45, 7) is 1.63. The molecule has 0 bridgehead atoms. The highest BCUT2D eigenvalue weighted by atomic mass is 35.5. The number of benzene rings is 2. The molecule has 29 heavy (non-hydrogen) atoms. The molecular formula is C22H27ClN4O2. The highest BCUT2D eigenvalue weighted by molar-refractivity contribution is 5.85. The monoisotopic (exact) mass is 414 g/mol. The normalized spacial score (nSPS) is 11.5. The van der Waals surface area contributed by atoms with Gasteiger partial charge in [-0.1, -0.05) is 54.6 Å². The molecule has 7 heteroatoms. The van der Waals surface area contributed by atoms with Gasteiger partial charge in [0.15, 0.2) is 0 Å². The second kappa shape index (κ2) is 11.4. The molecular weight excluding hydrogens is 388 g/mol. The van der Waals surface area contributed by atoms with Crippen LogP contribution in [0.2, 0.25) is 0 Å². The van der Waals surface area contributed by atoms with Crippen LogP contribution in [-0.2, 0) is 36.3 Å². The van der Waals surface area contributed by atoms with Gasteiger partial charge >= 0.3 is 0 Å². The molecule has 0 saturated heterocycles. The van der Waals surface area contributed by atoms with Crippen LogP contribution < -0.4 is 10.6 Å². The van der Waals surface area contributed by atoms with E-state index in [-0.39, 0.29) is 18.3 Å². The van der Waals surface area contributed by atoms with Gasteiger partial charge in [-0.2, -0.15) is 5.10 Å². The van der Waals surface area contributed by atoms with Crippen molar-refractivity contribution in [2.24, 2.45) is 7.05 Å². The van der Waals surface area contributed by atoms with Crippen molar-refractivity contribution >= 4 is 18.3 Å². The summed E-state index contributed by atoms with van der Waals surface area (Å²) in [6.07, 6.45) is 3.54. The van der Waals surface area contributed by atoms with E-state index >= 15 is 0 Å². The molecule has 0 aliphatic heterocycles. The van der Waals surface area contributed by atoms with Gasteiger partial charge in [0.2, 0.25) is 5.91 Å². The highest BCUT2D eigenvalue weighted by Crippen LogP contribution is 2.12. The van der Waals surface area contributed by atoms with Gasteiger partial charge in [0.25, 0.3) is 0 Å². The first-order valence-corrected chi connectivity index (χ1v) is 9.28. The zero-order valence-corrected chi connectivity index (χ0v) is 17.5. The third-order valence-electron chi connectivity index (χ3n) is 4.48. The van der Waals surface area contributed by atoms with Gasteiger partial charge in [0.05, 0.1) is 19.4 Å². The third kappa shape index (κ3) is 6.71. The minimum Gasteiger partial charge on any atom is -0.372 e. The Bertz CT molecular complexity index is 881. The van der Waals surface area contributed by atoms with Crippen LogP contribution in [0.4, 0.5) is 0 Å². The van der Waals surface area contributed by atoms with Crippen molar-refractivity contribution in [2.75, 3.05) is 7.05 Å². The third-order valence-corrected chi connectivity index (χ3v) is 4.48. The number of halogens is 1. The minimum absolute atomic E-state index is 0. The van der Waals surface area contributed by atoms with E-state index < -0.39 is 6.04 Å². The molecule has 2 aromatic carbocycles. The number of carbonyl (C=O) groups excluding carboxylic acids is 1. The summed E-state index contributed by atoms with van der Waals surface area (Å²) < 4.78 is 7.44. The lowest BCUT2D eigenvalue weighted by Gasteiger charge is -2.14. The molecule has 0 spiro atoms. The Balaban J connectivity index is 0.00000300. The van der Waals surface area contributed by atoms with Crippen LogP contribution in [0.25, 0.3) is 0 Å². The largest absolute Gasteiger partial charge is 0.372 e. The lowest BCUT2D eigenvalue weighted by atomic mass is 10.1. The Morgan fingerprint density at radius 2 is 1.66 bits per heavy atom. The standard InChI is InChI=1S/C22H26N4O2.ClH/c1-23-21(20-13-25-26(2)14-20)22(27)24-12-17-8-10-19(11-9-17)16-28-15-18-6-4-3-5-7-18;/h3-11,13-14,21,23H,12,15-16H2,1-2H3,(H,24,27);1H. The molecule has 1 atom stereocenters. The van der Waals surface area contributed by atoms with E-state index in [1.54, 1.807) is 17.9 Å². The quantitative estimate of drug-likeness (QED) is 0.564. The Hall–Kier alpha value is -2.67. The predicted molar refractivity (Wildman–Crippen MR) is 115 cm³/mol. The zero-order chi connectivity index (χ0) is 19.8. The molecule has 1 amide bonds. The number of aryl methyl sites for hydroxylation is 1. The first-order valence-electron chi connectivity index (χ1n) is 9.28. The van der Waals surface area contributed by atoms with Gasteiger partial charge in [-0.15, -0.1) is 12.4 Å². The van der Waals surface area contributed by atoms with E-state index in [1.807, 2.05) is 55.7 Å². The second-order valence-electron chi connectivity index (χ2n) is 6.68. The van der Waals surface area contributed by atoms with Crippen LogP contribution in [0.15, 0.2) is 67.0 Å². The van der Waals surface area contributed by atoms with Gasteiger partial charge < -0.3 is 15.4 Å². The summed E-state index contributed by atoms with van der Waals surface area (Å²) in [7, 11) is 3.60. The molecule has 3 aromatic rings. The number of nitrogens with zero attached hydrogens (tertiary/aromatic N) is 2. The molecule has 0 aliphatic rings. The Kier molecular flexibility index (Phi) is 8.86. The van der Waals surface area contributed by atoms with E-state index in [1.165, 1.54) is 0 Å². The fourth-order valence-electron chi connectivity index (χ4n) is 2.94. The van der Waals surface area contributed by atoms with Gasteiger partial charge in [0.1, 0.15) is 6.04 Å². The average molecular weight is 415 g/mol. The molecule has 6 nitrogen and oxygen atoms in total. The SMILES string of the molecule is CNC(C(=O)NCc1ccc(COCc2ccccc2)cc1)c1cnn(C)c1.Cl. The van der Waals surface area contributed by atoms with Crippen LogP contribution in [0.1, 0.15) is 28.3 Å². The van der Waals surface area contributed by atoms with Gasteiger partial charge in [-0.3, -0.25) is 9.48 Å². The van der Waals surface area contributed by atoms with E-state index in [2.05, 4.69) is 27.9 Å². The maximum Gasteiger partial charge on any atom is 0.242 e. The maximum absolute atomic E-state index is 12.5. The number of carbonyl (C=O) groups is 1. The number of nitrogens with one attached hydrogen (secondary N) is 2. The van der Waals surface area contributed by atoms with Crippen molar-refractivity contribution in [3.8, 4) is 0 Å². The topological polar surface area (TPSA) is 68.2 Å². The van der Waals surface area contributed by atoms with Crippen molar-refractivity contribution in [1.29, 1.82) is 0 Å². The Labute approximate surface area is 177 Å². The first kappa shape index (κ1) is 22.6. The van der Waals surface area contributed by atoms with Crippen LogP contribution in [-0.4, -0.2) is 22.7 Å². The molecule has 0 aliphatic carbocycles. The van der Waals surface area contributed by atoms with Crippen LogP contribution >= 0.6 is 12.4 Å². The van der Waals surface area contributed by atoms with Crippen LogP contribution in [0, 0.1) is 0 Å². The number of hydrogen-bond donors (Lipinski definition) is 2. The van der Waals surface area contributed by atoms with E-state index in [0.29, 0.717) is 19.8 Å². The summed E-state index contributed by atoms with van der Waals surface area (Å²) in [4.78, 5) is 12.5. The second-order valence-corrected chi connectivity index (χ2v) is 6.68. The van der Waals surface area contributed by atoms with Crippen molar-refractivity contribution in [3.05, 3.63) is 89.2 Å². The molecule has 0 saturated carbocycles. The highest BCUT2D eigenvalue weighted by Gasteiger charge is 2.19. The average Bonchev–Trinajstić information content (AvgIpc) is 3.14. The number of amides is 1. The molecule has 0 fully saturated rings. The molecule has 1 unspecified atom stereocenters. The van der Waals surface area contributed by atoms with Gasteiger partial charge in [0, 0.05) is 25.4 Å². The fraction of sp³-hybridized carbons (Fsp3) is 0.273. The van der Waals surface area contributed by atoms with Gasteiger partial charge in [-0.05, 0) is 23.7 Å². The molecule has 3 rings (SSSR count). The van der Waals surface area contributed by atoms with Gasteiger partial charge in [-0.25, -0.2) is 0 Å². The maximum atomic E-state index is 12.5. The molecule has 2 N–H and O–H groups in total. The number of hydrogen-bond acceptors (Lipinski definition) is 4. The Morgan fingerprint density at radius 1 is 1.03 bits per heavy atom. The number of rotatable bonds is 9. The summed E-state index contributed by atoms with van der Waals surface area (Å²) >= 11 is 0. The van der Waals surface area contributed by atoms with E-state index in [4.69, 9.17) is 4.74 Å². The fourth-order valence-corrected chi connectivity index (χ4v) is 2.94. The summed E-state index contributed by atoms with van der Waals surface area (Å²) in [5.74, 6) is -0.0780. The van der Waals surface area contributed by atoms with Crippen LogP contribution in [0.3, 0.4) is 0 Å². The van der Waals surface area contributed by atoms with E-state index in [0.717, 1.165) is 22.3 Å². The number of ether oxygens (including phenoxy) is 1. The summed E-state index contributed by atoms with van der Waals surface area (Å²) in [5.41, 5.74) is 4.15. The smallest absolute Gasteiger partial charge is 0.242 e. The molecule has 0 radical (unpaired) electrons. The lowest BCUT2D eigenvalue weighted by Crippen LogP contribution is -2.35. The zero-order valence-electron chi connectivity index (χ0n) is 16.7. The predicted octanol–water partition coefficient (Wildman–Crippen LogP) is 3.14. The lowest BCUT2D eigenvalue weighted by molar-refractivity contribution is -0.123. The number of aromatic nitrogens is 2. The minimum atomic E-state index is -0.417. The van der Waals surface area contributed by atoms with Crippen molar-refractivity contribution in [2.45, 2.75) is 25.8 Å². The summed E-state index contributed by atoms with van der Waals surface area (Å²) in [5, 5.41) is 10.1. The molecule has 1 heterocycles.